The molecular weight excluding hydrogens is 424 g/mol. The van der Waals surface area contributed by atoms with Crippen LogP contribution in [0.3, 0.4) is 0 Å². The normalized spacial score (nSPS) is 20.7. The molecule has 1 aromatic rings. The minimum Gasteiger partial charge on any atom is -0.493 e. The number of amides is 1. The molecule has 0 aromatic heterocycles. The first-order chi connectivity index (χ1) is 14.9. The molecule has 170 valence electrons. The summed E-state index contributed by atoms with van der Waals surface area (Å²) >= 11 is 6.45. The van der Waals surface area contributed by atoms with Crippen LogP contribution in [0.5, 0.6) is 11.5 Å². The summed E-state index contributed by atoms with van der Waals surface area (Å²) in [7, 11) is 4.50. The van der Waals surface area contributed by atoms with Crippen LogP contribution in [0, 0.1) is 5.92 Å². The number of benzene rings is 1. The Morgan fingerprint density at radius 2 is 1.87 bits per heavy atom. The molecule has 0 aliphatic carbocycles. The predicted molar refractivity (Wildman–Crippen MR) is 115 cm³/mol. The van der Waals surface area contributed by atoms with E-state index in [2.05, 4.69) is 11.5 Å². The van der Waals surface area contributed by atoms with Crippen molar-refractivity contribution in [3.63, 3.8) is 0 Å². The fraction of sp³-hybridized carbons (Fsp3) is 0.545. The molecule has 0 radical (unpaired) electrons. The third-order valence-corrected chi connectivity index (χ3v) is 6.49. The summed E-state index contributed by atoms with van der Waals surface area (Å²) in [5.41, 5.74) is 0.201. The maximum Gasteiger partial charge on any atom is 0.311 e. The molecule has 2 heterocycles. The highest BCUT2D eigenvalue weighted by Gasteiger charge is 2.58. The number of carbonyl (C=O) groups is 2. The van der Waals surface area contributed by atoms with Gasteiger partial charge in [-0.1, -0.05) is 17.7 Å². The number of ether oxygens (including phenoxy) is 3. The average Bonchev–Trinajstić information content (AvgIpc) is 3.05. The molecule has 31 heavy (non-hydrogen) atoms. The molecule has 9 heteroatoms. The number of methoxy groups -OCH3 is 3. The second-order valence-electron chi connectivity index (χ2n) is 7.73. The summed E-state index contributed by atoms with van der Waals surface area (Å²) in [6.45, 7) is 5.79. The van der Waals surface area contributed by atoms with Crippen molar-refractivity contribution in [1.82, 2.24) is 9.96 Å². The maximum atomic E-state index is 12.6. The third-order valence-electron chi connectivity index (χ3n) is 6.13. The van der Waals surface area contributed by atoms with Gasteiger partial charge in [0, 0.05) is 37.1 Å². The quantitative estimate of drug-likeness (QED) is 0.443. The van der Waals surface area contributed by atoms with Crippen LogP contribution in [0.1, 0.15) is 24.8 Å². The van der Waals surface area contributed by atoms with Gasteiger partial charge in [0.15, 0.2) is 11.5 Å². The van der Waals surface area contributed by atoms with E-state index in [9.17, 15) is 9.59 Å². The van der Waals surface area contributed by atoms with Gasteiger partial charge in [0.25, 0.3) is 0 Å². The molecule has 3 rings (SSSR count). The maximum absolute atomic E-state index is 12.6. The summed E-state index contributed by atoms with van der Waals surface area (Å²) in [6, 6.07) is 3.62. The van der Waals surface area contributed by atoms with E-state index in [1.54, 1.807) is 26.4 Å². The Bertz CT molecular complexity index is 838. The number of esters is 1. The summed E-state index contributed by atoms with van der Waals surface area (Å²) in [6.07, 6.45) is 2.84. The van der Waals surface area contributed by atoms with Crippen molar-refractivity contribution >= 4 is 23.5 Å². The summed E-state index contributed by atoms with van der Waals surface area (Å²) < 4.78 is 15.7. The molecule has 1 amide bonds. The van der Waals surface area contributed by atoms with Crippen LogP contribution in [0.15, 0.2) is 24.8 Å². The molecule has 0 saturated carbocycles. The molecule has 1 spiro atoms. The van der Waals surface area contributed by atoms with E-state index in [0.29, 0.717) is 49.0 Å². The van der Waals surface area contributed by atoms with Crippen molar-refractivity contribution in [3.05, 3.63) is 35.4 Å². The van der Waals surface area contributed by atoms with E-state index in [0.717, 1.165) is 5.56 Å². The van der Waals surface area contributed by atoms with Crippen LogP contribution >= 0.6 is 11.6 Å². The molecule has 1 unspecified atom stereocenters. The van der Waals surface area contributed by atoms with E-state index >= 15 is 0 Å². The molecule has 1 aromatic carbocycles. The third kappa shape index (κ3) is 4.51. The predicted octanol–water partition coefficient (Wildman–Crippen LogP) is 2.83. The Labute approximate surface area is 187 Å². The lowest BCUT2D eigenvalue weighted by Crippen LogP contribution is -2.57. The summed E-state index contributed by atoms with van der Waals surface area (Å²) in [5, 5.41) is 1.99. The number of rotatable bonds is 8. The van der Waals surface area contributed by atoms with Crippen molar-refractivity contribution < 1.29 is 28.6 Å². The van der Waals surface area contributed by atoms with Gasteiger partial charge in [0.1, 0.15) is 0 Å². The molecule has 2 fully saturated rings. The number of carbonyl (C=O) groups excluding carboxylic acids is 2. The Kier molecular flexibility index (Phi) is 7.46. The van der Waals surface area contributed by atoms with E-state index in [1.807, 2.05) is 6.07 Å². The van der Waals surface area contributed by atoms with Crippen molar-refractivity contribution in [3.8, 4) is 11.5 Å². The van der Waals surface area contributed by atoms with Gasteiger partial charge in [-0.25, -0.2) is 5.06 Å². The van der Waals surface area contributed by atoms with Crippen molar-refractivity contribution in [2.24, 2.45) is 5.92 Å². The van der Waals surface area contributed by atoms with E-state index in [4.69, 9.17) is 30.6 Å². The van der Waals surface area contributed by atoms with Gasteiger partial charge < -0.3 is 14.2 Å². The SMILES string of the molecule is C=CCON1C(=O)CC(C(=O)OC)C12CCN(Cc1cc(OC)c(OC)cc1Cl)CC2. The van der Waals surface area contributed by atoms with E-state index in [1.165, 1.54) is 12.2 Å². The number of nitrogens with zero attached hydrogens (tertiary/aromatic N) is 2. The molecular formula is C22H29ClN2O6. The second kappa shape index (κ2) is 9.89. The number of likely N-dealkylation sites (tertiary alicyclic amines) is 1. The monoisotopic (exact) mass is 452 g/mol. The van der Waals surface area contributed by atoms with Crippen LogP contribution < -0.4 is 9.47 Å². The Morgan fingerprint density at radius 1 is 1.23 bits per heavy atom. The van der Waals surface area contributed by atoms with Crippen molar-refractivity contribution in [2.75, 3.05) is 41.0 Å². The number of hydrogen-bond acceptors (Lipinski definition) is 7. The molecule has 0 bridgehead atoms. The average molecular weight is 453 g/mol. The van der Waals surface area contributed by atoms with Crippen molar-refractivity contribution in [1.29, 1.82) is 0 Å². The van der Waals surface area contributed by atoms with Crippen molar-refractivity contribution in [2.45, 2.75) is 31.3 Å². The highest BCUT2D eigenvalue weighted by molar-refractivity contribution is 6.31. The number of hydroxylamine groups is 2. The van der Waals surface area contributed by atoms with E-state index in [-0.39, 0.29) is 24.9 Å². The van der Waals surface area contributed by atoms with Crippen LogP contribution in [0.2, 0.25) is 5.02 Å². The topological polar surface area (TPSA) is 77.5 Å². The second-order valence-corrected chi connectivity index (χ2v) is 8.14. The molecule has 0 N–H and O–H groups in total. The first-order valence-electron chi connectivity index (χ1n) is 10.2. The Hall–Kier alpha value is -2.29. The highest BCUT2D eigenvalue weighted by Crippen LogP contribution is 2.45. The van der Waals surface area contributed by atoms with Crippen LogP contribution in [0.25, 0.3) is 0 Å². The lowest BCUT2D eigenvalue weighted by atomic mass is 9.77. The molecule has 1 atom stereocenters. The summed E-state index contributed by atoms with van der Waals surface area (Å²) in [5.74, 6) is 0.0606. The standard InChI is InChI=1S/C22H29ClN2O6/c1-5-10-31-25-20(26)12-16(21(27)30-4)22(25)6-8-24(9-7-22)14-15-11-18(28-2)19(29-3)13-17(15)23/h5,11,13,16H,1,6-10,12,14H2,2-4H3. The van der Waals surface area contributed by atoms with Crippen LogP contribution in [-0.4, -0.2) is 68.4 Å². The number of piperidine rings is 1. The minimum atomic E-state index is -0.717. The van der Waals surface area contributed by atoms with Gasteiger partial charge in [0.2, 0.25) is 5.91 Å². The van der Waals surface area contributed by atoms with Gasteiger partial charge in [-0.3, -0.25) is 19.3 Å². The van der Waals surface area contributed by atoms with E-state index < -0.39 is 11.5 Å². The highest BCUT2D eigenvalue weighted by atomic mass is 35.5. The van der Waals surface area contributed by atoms with Gasteiger partial charge >= 0.3 is 5.97 Å². The first kappa shape index (κ1) is 23.4. The lowest BCUT2D eigenvalue weighted by Gasteiger charge is -2.45. The zero-order valence-corrected chi connectivity index (χ0v) is 18.9. The zero-order chi connectivity index (χ0) is 22.6. The minimum absolute atomic E-state index is 0.0886. The van der Waals surface area contributed by atoms with Gasteiger partial charge in [-0.05, 0) is 24.5 Å². The van der Waals surface area contributed by atoms with Gasteiger partial charge in [-0.15, -0.1) is 6.58 Å². The molecule has 2 aliphatic heterocycles. The first-order valence-corrected chi connectivity index (χ1v) is 10.6. The Morgan fingerprint density at radius 3 is 2.45 bits per heavy atom. The Balaban J connectivity index is 1.77. The smallest absolute Gasteiger partial charge is 0.311 e. The summed E-state index contributed by atoms with van der Waals surface area (Å²) in [4.78, 5) is 33.0. The molecule has 8 nitrogen and oxygen atoms in total. The number of hydrogen-bond donors (Lipinski definition) is 0. The number of halogens is 1. The fourth-order valence-corrected chi connectivity index (χ4v) is 4.73. The van der Waals surface area contributed by atoms with Crippen LogP contribution in [0.4, 0.5) is 0 Å². The van der Waals surface area contributed by atoms with Gasteiger partial charge in [-0.2, -0.15) is 0 Å². The molecule has 2 saturated heterocycles. The van der Waals surface area contributed by atoms with Crippen LogP contribution in [-0.2, 0) is 25.7 Å². The molecule has 2 aliphatic rings. The van der Waals surface area contributed by atoms with Gasteiger partial charge in [0.05, 0.1) is 39.4 Å². The zero-order valence-electron chi connectivity index (χ0n) is 18.2. The largest absolute Gasteiger partial charge is 0.493 e. The lowest BCUT2D eigenvalue weighted by molar-refractivity contribution is -0.218. The fourth-order valence-electron chi connectivity index (χ4n) is 4.52.